The molecular formula is C57H62N2O10S4. The zero-order valence-corrected chi connectivity index (χ0v) is 44.4. The van der Waals surface area contributed by atoms with E-state index in [0.29, 0.717) is 41.8 Å². The van der Waals surface area contributed by atoms with Gasteiger partial charge >= 0.3 is 11.9 Å². The Balaban J connectivity index is 0.000000239. The Hall–Kier alpha value is -6.59. The van der Waals surface area contributed by atoms with Gasteiger partial charge < -0.3 is 10.2 Å². The van der Waals surface area contributed by atoms with Crippen LogP contribution in [-0.2, 0) is 61.0 Å². The maximum atomic E-state index is 13.1. The number of benzene rings is 6. The number of hydrogen-bond donors (Lipinski definition) is 4. The molecule has 0 fully saturated rings. The summed E-state index contributed by atoms with van der Waals surface area (Å²) in [6, 6.07) is 44.9. The Morgan fingerprint density at radius 3 is 1.36 bits per heavy atom. The molecule has 384 valence electrons. The highest BCUT2D eigenvalue weighted by molar-refractivity contribution is 7.95. The van der Waals surface area contributed by atoms with Crippen molar-refractivity contribution in [2.75, 3.05) is 9.44 Å². The van der Waals surface area contributed by atoms with Gasteiger partial charge in [-0.15, -0.1) is 11.3 Å². The fourth-order valence-corrected chi connectivity index (χ4v) is 13.3. The zero-order chi connectivity index (χ0) is 52.7. The Labute approximate surface area is 434 Å². The number of carboxylic acids is 2. The van der Waals surface area contributed by atoms with Crippen molar-refractivity contribution in [1.29, 1.82) is 0 Å². The molecule has 12 nitrogen and oxygen atoms in total. The van der Waals surface area contributed by atoms with Crippen molar-refractivity contribution < 1.29 is 45.1 Å². The normalized spacial score (nSPS) is 11.8. The number of hydrogen-bond acceptors (Lipinski definition) is 9. The van der Waals surface area contributed by atoms with Crippen LogP contribution in [0.2, 0.25) is 0 Å². The highest BCUT2D eigenvalue weighted by Crippen LogP contribution is 2.32. The van der Waals surface area contributed by atoms with Crippen molar-refractivity contribution in [2.45, 2.75) is 116 Å². The summed E-state index contributed by atoms with van der Waals surface area (Å²) in [4.78, 5) is 23.0. The predicted molar refractivity (Wildman–Crippen MR) is 290 cm³/mol. The molecule has 1 aromatic heterocycles. The molecule has 73 heavy (non-hydrogen) atoms. The number of sulfonamides is 2. The quantitative estimate of drug-likeness (QED) is 0.0422. The average molecular weight is 1060 g/mol. The van der Waals surface area contributed by atoms with E-state index < -0.39 is 41.8 Å². The van der Waals surface area contributed by atoms with Gasteiger partial charge in [-0.3, -0.25) is 9.44 Å². The maximum absolute atomic E-state index is 13.1. The monoisotopic (exact) mass is 1060 g/mol. The third-order valence-electron chi connectivity index (χ3n) is 12.8. The molecular weight excluding hydrogens is 1000 g/mol. The minimum atomic E-state index is -3.99. The number of anilines is 2. The number of para-hydroxylation sites is 2. The molecule has 7 aromatic rings. The average Bonchev–Trinajstić information content (AvgIpc) is 3.91. The fraction of sp³-hybridized carbons (Fsp3) is 0.263. The number of carbonyl (C=O) groups is 2. The first-order chi connectivity index (χ1) is 34.8. The molecule has 0 saturated heterocycles. The molecule has 6 aromatic carbocycles. The summed E-state index contributed by atoms with van der Waals surface area (Å²) in [5.74, 6) is -1.83. The molecule has 0 atom stereocenters. The van der Waals surface area contributed by atoms with E-state index in [1.165, 1.54) is 23.6 Å². The van der Waals surface area contributed by atoms with Crippen LogP contribution in [0.15, 0.2) is 182 Å². The minimum Gasteiger partial charge on any atom is -0.478 e. The van der Waals surface area contributed by atoms with E-state index in [4.69, 9.17) is 0 Å². The zero-order valence-electron chi connectivity index (χ0n) is 41.2. The Morgan fingerprint density at radius 1 is 0.479 bits per heavy atom. The number of carboxylic acid groups (broad SMARTS) is 2. The topological polar surface area (TPSA) is 201 Å². The van der Waals surface area contributed by atoms with Crippen molar-refractivity contribution >= 4 is 64.5 Å². The molecule has 1 heterocycles. The van der Waals surface area contributed by atoms with Gasteiger partial charge in [0.15, 0.2) is 0 Å². The van der Waals surface area contributed by atoms with E-state index in [1.54, 1.807) is 72.8 Å². The van der Waals surface area contributed by atoms with E-state index in [9.17, 15) is 45.1 Å². The van der Waals surface area contributed by atoms with Crippen LogP contribution in [0.1, 0.15) is 114 Å². The van der Waals surface area contributed by atoms with Crippen molar-refractivity contribution in [3.05, 3.63) is 202 Å². The van der Waals surface area contributed by atoms with Gasteiger partial charge in [0.1, 0.15) is 4.21 Å². The van der Waals surface area contributed by atoms with Gasteiger partial charge in [-0.2, -0.15) is 0 Å². The SMILES string of the molecule is CCC(C)(C)c1ccc(S(=O)(=O)Nc2ccccc2CCCCCc2ccccc2C(=O)O)cc1.O=C(O)c1ccccc1CCCCCc1ccccc1NS(=O)(=O)c1cc(S(=O)(=O)c2ccccc2)cs1. The summed E-state index contributed by atoms with van der Waals surface area (Å²) in [7, 11) is -11.5. The number of nitrogens with one attached hydrogen (secondary N) is 2. The second-order valence-corrected chi connectivity index (χ2v) is 24.7. The number of aromatic carboxylic acids is 2. The van der Waals surface area contributed by atoms with Gasteiger partial charge in [0, 0.05) is 5.38 Å². The number of rotatable bonds is 24. The first-order valence-electron chi connectivity index (χ1n) is 24.2. The molecule has 7 rings (SSSR count). The third-order valence-corrected chi connectivity index (χ3v) is 18.9. The third kappa shape index (κ3) is 15.2. The molecule has 0 aliphatic rings. The van der Waals surface area contributed by atoms with Crippen LogP contribution in [0.5, 0.6) is 0 Å². The van der Waals surface area contributed by atoms with Gasteiger partial charge in [0.25, 0.3) is 20.0 Å². The predicted octanol–water partition coefficient (Wildman–Crippen LogP) is 12.9. The molecule has 0 bridgehead atoms. The van der Waals surface area contributed by atoms with Crippen LogP contribution in [-0.4, -0.2) is 47.4 Å². The molecule has 0 radical (unpaired) electrons. The van der Waals surface area contributed by atoms with E-state index in [1.807, 2.05) is 66.7 Å². The molecule has 0 amide bonds. The van der Waals surface area contributed by atoms with Crippen LogP contribution >= 0.6 is 11.3 Å². The second kappa shape index (κ2) is 25.4. The Bertz CT molecular complexity index is 3320. The number of sulfone groups is 1. The molecule has 4 N–H and O–H groups in total. The molecule has 0 aliphatic heterocycles. The highest BCUT2D eigenvalue weighted by atomic mass is 32.2. The van der Waals surface area contributed by atoms with Crippen molar-refractivity contribution in [3.8, 4) is 0 Å². The molecule has 0 saturated carbocycles. The molecule has 0 aliphatic carbocycles. The summed E-state index contributed by atoms with van der Waals surface area (Å²) in [5.41, 5.74) is 6.27. The molecule has 16 heteroatoms. The van der Waals surface area contributed by atoms with Crippen LogP contribution < -0.4 is 9.44 Å². The lowest BCUT2D eigenvalue weighted by Gasteiger charge is -2.23. The van der Waals surface area contributed by atoms with Crippen molar-refractivity contribution in [3.63, 3.8) is 0 Å². The second-order valence-electron chi connectivity index (χ2n) is 18.3. The van der Waals surface area contributed by atoms with Crippen LogP contribution in [0.3, 0.4) is 0 Å². The van der Waals surface area contributed by atoms with E-state index >= 15 is 0 Å². The van der Waals surface area contributed by atoms with Crippen molar-refractivity contribution in [2.24, 2.45) is 0 Å². The van der Waals surface area contributed by atoms with E-state index in [2.05, 4.69) is 30.2 Å². The Morgan fingerprint density at radius 2 is 0.890 bits per heavy atom. The smallest absolute Gasteiger partial charge is 0.335 e. The first-order valence-corrected chi connectivity index (χ1v) is 29.5. The van der Waals surface area contributed by atoms with Gasteiger partial charge in [-0.05, 0) is 146 Å². The van der Waals surface area contributed by atoms with Crippen LogP contribution in [0.25, 0.3) is 0 Å². The lowest BCUT2D eigenvalue weighted by Crippen LogP contribution is -2.17. The van der Waals surface area contributed by atoms with Crippen LogP contribution in [0, 0.1) is 0 Å². The minimum absolute atomic E-state index is 0.00196. The largest absolute Gasteiger partial charge is 0.478 e. The van der Waals surface area contributed by atoms with Gasteiger partial charge in [0.05, 0.1) is 37.2 Å². The summed E-state index contributed by atoms with van der Waals surface area (Å²) in [5, 5.41) is 20.0. The van der Waals surface area contributed by atoms with Gasteiger partial charge in [-0.1, -0.05) is 137 Å². The van der Waals surface area contributed by atoms with Gasteiger partial charge in [-0.25, -0.2) is 34.8 Å². The number of thiophene rings is 1. The summed E-state index contributed by atoms with van der Waals surface area (Å²) >= 11 is 0.857. The lowest BCUT2D eigenvalue weighted by molar-refractivity contribution is 0.0684. The summed E-state index contributed by atoms with van der Waals surface area (Å²) in [6.45, 7) is 6.42. The lowest BCUT2D eigenvalue weighted by atomic mass is 9.82. The molecule has 0 unspecified atom stereocenters. The standard InChI is InChI=1S/C29H35NO4S.C28H27NO6S3/c1-4-29(2,3)24-18-20-25(21-19-24)35(33,34)30-27-17-11-9-15-23(27)14-7-5-6-12-22-13-8-10-16-26(22)28(31)32;30-28(31)25-17-9-7-12-21(25)11-3-1-4-13-22-14-8-10-18-26(22)29-38(34,35)27-19-24(20-36-27)37(32,33)23-15-5-2-6-16-23/h8-11,13,15-21,30H,4-7,12,14H2,1-3H3,(H,31,32);2,5-10,12,14-20,29H,1,3-4,11,13H2,(H,30,31). The number of unbranched alkanes of at least 4 members (excludes halogenated alkanes) is 4. The van der Waals surface area contributed by atoms with E-state index in [-0.39, 0.29) is 24.3 Å². The first kappa shape index (κ1) is 55.7. The van der Waals surface area contributed by atoms with E-state index in [0.717, 1.165) is 90.5 Å². The van der Waals surface area contributed by atoms with Gasteiger partial charge in [0.2, 0.25) is 9.84 Å². The summed E-state index contributed by atoms with van der Waals surface area (Å²) in [6.07, 6.45) is 8.85. The number of aryl methyl sites for hydroxylation is 4. The Kier molecular flexibility index (Phi) is 19.4. The van der Waals surface area contributed by atoms with Crippen LogP contribution in [0.4, 0.5) is 11.4 Å². The highest BCUT2D eigenvalue weighted by Gasteiger charge is 2.25. The maximum Gasteiger partial charge on any atom is 0.335 e. The fourth-order valence-electron chi connectivity index (χ4n) is 8.19. The summed E-state index contributed by atoms with van der Waals surface area (Å²) < 4.78 is 83.3. The molecule has 0 spiro atoms. The van der Waals surface area contributed by atoms with Crippen molar-refractivity contribution in [1.82, 2.24) is 0 Å².